The van der Waals surface area contributed by atoms with Gasteiger partial charge in [-0.3, -0.25) is 4.90 Å². The third-order valence-corrected chi connectivity index (χ3v) is 5.44. The zero-order valence-electron chi connectivity index (χ0n) is 11.3. The minimum Gasteiger partial charge on any atom is -0.299 e. The van der Waals surface area contributed by atoms with Crippen LogP contribution in [0.4, 0.5) is 0 Å². The molecule has 17 heavy (non-hydrogen) atoms. The van der Waals surface area contributed by atoms with Crippen molar-refractivity contribution < 1.29 is 0 Å². The van der Waals surface area contributed by atoms with E-state index < -0.39 is 0 Å². The normalized spacial score (nSPS) is 39.5. The number of likely N-dealkylation sites (tertiary alicyclic amines) is 1. The first-order valence-electron chi connectivity index (χ1n) is 7.70. The second-order valence-electron chi connectivity index (χ2n) is 6.76. The molecule has 0 amide bonds. The molecule has 2 aliphatic carbocycles. The maximum atomic E-state index is 2.83. The number of nitrogens with zero attached hydrogens (tertiary/aromatic N) is 1. The van der Waals surface area contributed by atoms with Gasteiger partial charge in [0.25, 0.3) is 0 Å². The van der Waals surface area contributed by atoms with Crippen molar-refractivity contribution in [1.82, 2.24) is 4.90 Å². The monoisotopic (exact) mass is 233 g/mol. The summed E-state index contributed by atoms with van der Waals surface area (Å²) in [4.78, 5) is 2.83. The van der Waals surface area contributed by atoms with Gasteiger partial charge in [-0.2, -0.15) is 0 Å². The van der Waals surface area contributed by atoms with E-state index in [0.29, 0.717) is 5.41 Å². The maximum Gasteiger partial charge on any atom is 0.0218 e. The molecular weight excluding hydrogens is 206 g/mol. The third-order valence-electron chi connectivity index (χ3n) is 5.44. The van der Waals surface area contributed by atoms with Gasteiger partial charge >= 0.3 is 0 Å². The highest BCUT2D eigenvalue weighted by molar-refractivity contribution is 5.14. The van der Waals surface area contributed by atoms with Gasteiger partial charge in [-0.05, 0) is 44.6 Å². The molecule has 3 rings (SSSR count). The van der Waals surface area contributed by atoms with E-state index in [9.17, 15) is 0 Å². The molecule has 1 nitrogen and oxygen atoms in total. The minimum atomic E-state index is 0.507. The Bertz CT molecular complexity index is 290. The smallest absolute Gasteiger partial charge is 0.0218 e. The fourth-order valence-corrected chi connectivity index (χ4v) is 4.40. The van der Waals surface area contributed by atoms with Crippen LogP contribution in [0.25, 0.3) is 0 Å². The van der Waals surface area contributed by atoms with Crippen LogP contribution in [0.15, 0.2) is 12.2 Å². The lowest BCUT2D eigenvalue weighted by molar-refractivity contribution is 0.0488. The molecule has 0 bridgehead atoms. The average Bonchev–Trinajstić information content (AvgIpc) is 2.73. The van der Waals surface area contributed by atoms with E-state index in [1.807, 2.05) is 0 Å². The quantitative estimate of drug-likeness (QED) is 0.652. The zero-order chi connectivity index (χ0) is 11.7. The van der Waals surface area contributed by atoms with Crippen LogP contribution < -0.4 is 0 Å². The van der Waals surface area contributed by atoms with Gasteiger partial charge in [-0.25, -0.2) is 0 Å². The Hall–Kier alpha value is -0.300. The van der Waals surface area contributed by atoms with Gasteiger partial charge in [0.15, 0.2) is 0 Å². The number of piperidine rings is 1. The maximum absolute atomic E-state index is 2.83. The van der Waals surface area contributed by atoms with Crippen molar-refractivity contribution in [3.63, 3.8) is 0 Å². The first-order chi connectivity index (χ1) is 8.28. The van der Waals surface area contributed by atoms with Crippen LogP contribution in [0.5, 0.6) is 0 Å². The van der Waals surface area contributed by atoms with Crippen molar-refractivity contribution in [2.75, 3.05) is 13.1 Å². The topological polar surface area (TPSA) is 3.24 Å². The lowest BCUT2D eigenvalue weighted by Gasteiger charge is -2.46. The molecule has 1 saturated carbocycles. The highest BCUT2D eigenvalue weighted by atomic mass is 15.2. The Morgan fingerprint density at radius 2 is 2.00 bits per heavy atom. The molecule has 1 heteroatoms. The molecule has 0 aromatic carbocycles. The summed E-state index contributed by atoms with van der Waals surface area (Å²) in [6.45, 7) is 5.23. The second-order valence-corrected chi connectivity index (χ2v) is 6.76. The largest absolute Gasteiger partial charge is 0.299 e. The van der Waals surface area contributed by atoms with Crippen LogP contribution in [0.2, 0.25) is 0 Å². The molecule has 1 saturated heterocycles. The molecule has 0 unspecified atom stereocenters. The fraction of sp³-hybridized carbons (Fsp3) is 0.875. The van der Waals surface area contributed by atoms with Crippen molar-refractivity contribution in [2.24, 2.45) is 11.3 Å². The number of rotatable bonds is 2. The first-order valence-corrected chi connectivity index (χ1v) is 7.70. The Kier molecular flexibility index (Phi) is 3.30. The predicted octanol–water partition coefficient (Wildman–Crippen LogP) is 4.00. The van der Waals surface area contributed by atoms with E-state index in [-0.39, 0.29) is 0 Å². The summed E-state index contributed by atoms with van der Waals surface area (Å²) in [5.41, 5.74) is 0.507. The summed E-state index contributed by atoms with van der Waals surface area (Å²) in [6.07, 6.45) is 16.5. The summed E-state index contributed by atoms with van der Waals surface area (Å²) >= 11 is 0. The Morgan fingerprint density at radius 1 is 1.18 bits per heavy atom. The molecule has 1 heterocycles. The van der Waals surface area contributed by atoms with Gasteiger partial charge in [0, 0.05) is 18.0 Å². The number of fused-ring (bicyclic) bond motifs is 1. The molecule has 0 aromatic rings. The van der Waals surface area contributed by atoms with Crippen molar-refractivity contribution in [3.8, 4) is 0 Å². The molecule has 0 aromatic heterocycles. The van der Waals surface area contributed by atoms with E-state index in [1.54, 1.807) is 0 Å². The van der Waals surface area contributed by atoms with E-state index in [0.717, 1.165) is 12.0 Å². The fourth-order valence-electron chi connectivity index (χ4n) is 4.40. The SMILES string of the molecule is C[C@]12C=CC[C@H]1N(CC1CCCCC1)CCC2. The number of hydrogen-bond donors (Lipinski definition) is 0. The lowest BCUT2D eigenvalue weighted by atomic mass is 9.76. The molecule has 0 spiro atoms. The lowest BCUT2D eigenvalue weighted by Crippen LogP contribution is -2.49. The van der Waals surface area contributed by atoms with Gasteiger partial charge in [0.2, 0.25) is 0 Å². The predicted molar refractivity (Wildman–Crippen MR) is 73.0 cm³/mol. The molecule has 0 radical (unpaired) electrons. The number of hydrogen-bond acceptors (Lipinski definition) is 1. The van der Waals surface area contributed by atoms with Crippen molar-refractivity contribution in [1.29, 1.82) is 0 Å². The van der Waals surface area contributed by atoms with Crippen molar-refractivity contribution in [3.05, 3.63) is 12.2 Å². The van der Waals surface area contributed by atoms with Crippen molar-refractivity contribution in [2.45, 2.75) is 64.3 Å². The van der Waals surface area contributed by atoms with Gasteiger partial charge in [-0.15, -0.1) is 0 Å². The molecule has 0 N–H and O–H groups in total. The first kappa shape index (κ1) is 11.8. The van der Waals surface area contributed by atoms with Crippen LogP contribution >= 0.6 is 0 Å². The molecular formula is C16H27N. The summed E-state index contributed by atoms with van der Waals surface area (Å²) < 4.78 is 0. The molecule has 3 aliphatic rings. The standard InChI is InChI=1S/C16H27N/c1-16-10-5-9-15(16)17(12-6-11-16)13-14-7-3-2-4-8-14/h5,10,14-15H,2-4,6-9,11-13H2,1H3/t15-,16-/m1/s1. The summed E-state index contributed by atoms with van der Waals surface area (Å²) in [7, 11) is 0. The third kappa shape index (κ3) is 2.31. The molecule has 2 atom stereocenters. The highest BCUT2D eigenvalue weighted by Crippen LogP contribution is 2.43. The van der Waals surface area contributed by atoms with Crippen LogP contribution in [-0.4, -0.2) is 24.0 Å². The van der Waals surface area contributed by atoms with Gasteiger partial charge in [0.1, 0.15) is 0 Å². The second kappa shape index (κ2) is 4.76. The van der Waals surface area contributed by atoms with E-state index >= 15 is 0 Å². The van der Waals surface area contributed by atoms with E-state index in [1.165, 1.54) is 64.5 Å². The average molecular weight is 233 g/mol. The summed E-state index contributed by atoms with van der Waals surface area (Å²) in [5, 5.41) is 0. The van der Waals surface area contributed by atoms with Crippen LogP contribution in [0.1, 0.15) is 58.3 Å². The Labute approximate surface area is 106 Å². The minimum absolute atomic E-state index is 0.507. The van der Waals surface area contributed by atoms with Crippen LogP contribution in [-0.2, 0) is 0 Å². The molecule has 1 aliphatic heterocycles. The highest BCUT2D eigenvalue weighted by Gasteiger charge is 2.41. The Balaban J connectivity index is 1.62. The van der Waals surface area contributed by atoms with Crippen LogP contribution in [0.3, 0.4) is 0 Å². The zero-order valence-corrected chi connectivity index (χ0v) is 11.3. The van der Waals surface area contributed by atoms with Gasteiger partial charge in [0.05, 0.1) is 0 Å². The summed E-state index contributed by atoms with van der Waals surface area (Å²) in [5.74, 6) is 1.01. The molecule has 96 valence electrons. The van der Waals surface area contributed by atoms with E-state index in [2.05, 4.69) is 24.0 Å². The van der Waals surface area contributed by atoms with Gasteiger partial charge < -0.3 is 0 Å². The van der Waals surface area contributed by atoms with Crippen molar-refractivity contribution >= 4 is 0 Å². The van der Waals surface area contributed by atoms with Gasteiger partial charge in [-0.1, -0.05) is 38.3 Å². The van der Waals surface area contributed by atoms with E-state index in [4.69, 9.17) is 0 Å². The molecule has 2 fully saturated rings. The van der Waals surface area contributed by atoms with Crippen LogP contribution in [0, 0.1) is 11.3 Å². The summed E-state index contributed by atoms with van der Waals surface area (Å²) in [6, 6.07) is 0.832. The Morgan fingerprint density at radius 3 is 2.82 bits per heavy atom.